The van der Waals surface area contributed by atoms with Crippen molar-refractivity contribution < 1.29 is 18.7 Å². The molecule has 8 heteroatoms. The summed E-state index contributed by atoms with van der Waals surface area (Å²) in [5.41, 5.74) is 2.55. The number of benzene rings is 3. The maximum absolute atomic E-state index is 14.1. The fraction of sp³-hybridized carbons (Fsp3) is 0.103. The van der Waals surface area contributed by atoms with Gasteiger partial charge in [-0.2, -0.15) is 0 Å². The lowest BCUT2D eigenvalue weighted by atomic mass is 9.87. The van der Waals surface area contributed by atoms with E-state index in [0.717, 1.165) is 22.9 Å². The number of ether oxygens (including phenoxy) is 1. The standard InChI is InChI=1S/C29H20FNO5S/c1-35-19-12-10-18(11-13-19)31-24-21-8-3-2-5-16(21)9-14-22(24)26-23(28(31)33)25(32)27(29(34)36-26)37-20-7-4-6-17(30)15-20/h2-8,10-13,15,32H,9,14H2,1H3. The van der Waals surface area contributed by atoms with Crippen molar-refractivity contribution in [3.05, 3.63) is 111 Å². The molecule has 2 heterocycles. The van der Waals surface area contributed by atoms with Crippen molar-refractivity contribution in [2.75, 3.05) is 7.11 Å². The lowest BCUT2D eigenvalue weighted by Crippen LogP contribution is -2.25. The van der Waals surface area contributed by atoms with Crippen molar-refractivity contribution in [1.29, 1.82) is 0 Å². The molecule has 0 bridgehead atoms. The van der Waals surface area contributed by atoms with Crippen LogP contribution in [-0.4, -0.2) is 16.8 Å². The molecule has 0 amide bonds. The molecule has 0 fully saturated rings. The highest BCUT2D eigenvalue weighted by molar-refractivity contribution is 7.99. The van der Waals surface area contributed by atoms with E-state index >= 15 is 0 Å². The van der Waals surface area contributed by atoms with Gasteiger partial charge in [0.05, 0.1) is 12.8 Å². The van der Waals surface area contributed by atoms with Crippen molar-refractivity contribution in [1.82, 2.24) is 4.57 Å². The van der Waals surface area contributed by atoms with E-state index in [1.54, 1.807) is 42.0 Å². The Morgan fingerprint density at radius 2 is 1.78 bits per heavy atom. The highest BCUT2D eigenvalue weighted by atomic mass is 32.2. The quantitative estimate of drug-likeness (QED) is 0.331. The van der Waals surface area contributed by atoms with E-state index in [0.29, 0.717) is 40.4 Å². The molecule has 37 heavy (non-hydrogen) atoms. The summed E-state index contributed by atoms with van der Waals surface area (Å²) in [5, 5.41) is 11.2. The zero-order chi connectivity index (χ0) is 25.7. The van der Waals surface area contributed by atoms with E-state index in [4.69, 9.17) is 9.15 Å². The smallest absolute Gasteiger partial charge is 0.354 e. The molecule has 6 nitrogen and oxygen atoms in total. The molecule has 6 rings (SSSR count). The zero-order valence-electron chi connectivity index (χ0n) is 19.7. The van der Waals surface area contributed by atoms with Crippen molar-refractivity contribution in [3.63, 3.8) is 0 Å². The van der Waals surface area contributed by atoms with Gasteiger partial charge in [0, 0.05) is 21.7 Å². The largest absolute Gasteiger partial charge is 0.505 e. The average Bonchev–Trinajstić information content (AvgIpc) is 2.91. The first kappa shape index (κ1) is 23.1. The number of hydrogen-bond donors (Lipinski definition) is 1. The van der Waals surface area contributed by atoms with Gasteiger partial charge in [0.2, 0.25) is 0 Å². The topological polar surface area (TPSA) is 81.7 Å². The number of halogens is 1. The number of fused-ring (bicyclic) bond motifs is 5. The lowest BCUT2D eigenvalue weighted by molar-refractivity contribution is 0.414. The van der Waals surface area contributed by atoms with Crippen molar-refractivity contribution in [2.45, 2.75) is 22.6 Å². The molecule has 0 unspecified atom stereocenters. The van der Waals surface area contributed by atoms with Crippen LogP contribution in [-0.2, 0) is 12.8 Å². The van der Waals surface area contributed by atoms with Crippen LogP contribution in [0, 0.1) is 5.82 Å². The Kier molecular flexibility index (Phi) is 5.61. The molecular weight excluding hydrogens is 493 g/mol. The first-order chi connectivity index (χ1) is 18.0. The third kappa shape index (κ3) is 3.81. The molecule has 0 saturated carbocycles. The highest BCUT2D eigenvalue weighted by Crippen LogP contribution is 2.41. The Morgan fingerprint density at radius 1 is 1.00 bits per heavy atom. The second-order valence-corrected chi connectivity index (χ2v) is 9.74. The summed E-state index contributed by atoms with van der Waals surface area (Å²) in [6.07, 6.45) is 1.20. The minimum atomic E-state index is -0.790. The fourth-order valence-corrected chi connectivity index (χ4v) is 5.71. The van der Waals surface area contributed by atoms with Gasteiger partial charge in [0.15, 0.2) is 11.3 Å². The average molecular weight is 514 g/mol. The van der Waals surface area contributed by atoms with Gasteiger partial charge < -0.3 is 14.3 Å². The summed E-state index contributed by atoms with van der Waals surface area (Å²) in [6.45, 7) is 0. The summed E-state index contributed by atoms with van der Waals surface area (Å²) < 4.78 is 26.3. The summed E-state index contributed by atoms with van der Waals surface area (Å²) in [5.74, 6) is -0.326. The van der Waals surface area contributed by atoms with Gasteiger partial charge in [0.25, 0.3) is 5.56 Å². The van der Waals surface area contributed by atoms with E-state index in [1.165, 1.54) is 18.2 Å². The number of aryl methyl sites for hydroxylation is 2. The number of aromatic nitrogens is 1. The van der Waals surface area contributed by atoms with Gasteiger partial charge in [-0.3, -0.25) is 9.36 Å². The SMILES string of the molecule is COc1ccc(-n2c3c(c4oc(=O)c(Sc5cccc(F)c5)c(O)c4c2=O)CCc2ccccc2-3)cc1. The molecule has 0 saturated heterocycles. The fourth-order valence-electron chi connectivity index (χ4n) is 4.83. The van der Waals surface area contributed by atoms with Crippen LogP contribution in [0.4, 0.5) is 4.39 Å². The van der Waals surface area contributed by atoms with Crippen LogP contribution < -0.4 is 15.9 Å². The van der Waals surface area contributed by atoms with Gasteiger partial charge >= 0.3 is 5.63 Å². The van der Waals surface area contributed by atoms with Crippen LogP contribution >= 0.6 is 11.8 Å². The van der Waals surface area contributed by atoms with Gasteiger partial charge in [-0.15, -0.1) is 0 Å². The minimum absolute atomic E-state index is 0.0744. The van der Waals surface area contributed by atoms with Crippen molar-refractivity contribution in [2.24, 2.45) is 0 Å². The number of aromatic hydroxyl groups is 1. The molecule has 5 aromatic rings. The van der Waals surface area contributed by atoms with Crippen LogP contribution in [0.15, 0.2) is 96.6 Å². The van der Waals surface area contributed by atoms with Gasteiger partial charge in [-0.25, -0.2) is 9.18 Å². The molecule has 0 aliphatic heterocycles. The second-order valence-electron chi connectivity index (χ2n) is 8.65. The Labute approximate surface area is 214 Å². The van der Waals surface area contributed by atoms with Crippen LogP contribution in [0.5, 0.6) is 11.5 Å². The third-order valence-electron chi connectivity index (χ3n) is 6.52. The second kappa shape index (κ2) is 8.97. The van der Waals surface area contributed by atoms with Gasteiger partial charge in [-0.1, -0.05) is 42.1 Å². The molecule has 1 aliphatic rings. The maximum Gasteiger partial charge on any atom is 0.354 e. The molecule has 0 atom stereocenters. The Morgan fingerprint density at radius 3 is 2.54 bits per heavy atom. The molecule has 2 aromatic heterocycles. The first-order valence-corrected chi connectivity index (χ1v) is 12.4. The van der Waals surface area contributed by atoms with E-state index in [1.807, 2.05) is 24.3 Å². The normalized spacial score (nSPS) is 12.3. The van der Waals surface area contributed by atoms with Crippen molar-refractivity contribution >= 4 is 22.7 Å². The van der Waals surface area contributed by atoms with E-state index < -0.39 is 22.8 Å². The number of rotatable bonds is 4. The summed E-state index contributed by atoms with van der Waals surface area (Å²) in [7, 11) is 1.56. The van der Waals surface area contributed by atoms with Gasteiger partial charge in [0.1, 0.15) is 21.8 Å². The number of methoxy groups -OCH3 is 1. The minimum Gasteiger partial charge on any atom is -0.505 e. The zero-order valence-corrected chi connectivity index (χ0v) is 20.5. The van der Waals surface area contributed by atoms with Crippen LogP contribution in [0.3, 0.4) is 0 Å². The lowest BCUT2D eigenvalue weighted by Gasteiger charge is -2.25. The van der Waals surface area contributed by atoms with Crippen LogP contribution in [0.2, 0.25) is 0 Å². The summed E-state index contributed by atoms with van der Waals surface area (Å²) >= 11 is 0.850. The molecule has 184 valence electrons. The van der Waals surface area contributed by atoms with Crippen LogP contribution in [0.1, 0.15) is 11.1 Å². The van der Waals surface area contributed by atoms with Crippen LogP contribution in [0.25, 0.3) is 27.9 Å². The summed E-state index contributed by atoms with van der Waals surface area (Å²) in [6, 6.07) is 20.5. The molecule has 3 aromatic carbocycles. The molecule has 0 radical (unpaired) electrons. The number of nitrogens with zero attached hydrogens (tertiary/aromatic N) is 1. The molecule has 1 N–H and O–H groups in total. The molecular formula is C29H20FNO5S. The number of hydrogen-bond acceptors (Lipinski definition) is 6. The Bertz CT molecular complexity index is 1810. The molecule has 1 aliphatic carbocycles. The predicted molar refractivity (Wildman–Crippen MR) is 140 cm³/mol. The molecule has 0 spiro atoms. The number of pyridine rings is 1. The van der Waals surface area contributed by atoms with Crippen molar-refractivity contribution in [3.8, 4) is 28.4 Å². The monoisotopic (exact) mass is 513 g/mol. The predicted octanol–water partition coefficient (Wildman–Crippen LogP) is 5.71. The highest BCUT2D eigenvalue weighted by Gasteiger charge is 2.29. The Hall–Kier alpha value is -4.30. The summed E-state index contributed by atoms with van der Waals surface area (Å²) in [4.78, 5) is 27.4. The van der Waals surface area contributed by atoms with Gasteiger partial charge in [-0.05, 0) is 60.9 Å². The van der Waals surface area contributed by atoms with E-state index in [9.17, 15) is 19.1 Å². The Balaban J connectivity index is 1.69. The first-order valence-electron chi connectivity index (χ1n) is 11.6. The van der Waals surface area contributed by atoms with E-state index in [-0.39, 0.29) is 15.9 Å². The maximum atomic E-state index is 14.1. The third-order valence-corrected chi connectivity index (χ3v) is 7.58. The van der Waals surface area contributed by atoms with E-state index in [2.05, 4.69) is 0 Å².